The molecular weight excluding hydrogens is 196 g/mol. The number of unbranched alkanes of at least 4 members (excludes halogenated alkanes) is 10. The summed E-state index contributed by atoms with van der Waals surface area (Å²) in [6, 6.07) is 0. The predicted molar refractivity (Wildman–Crippen MR) is 71.3 cm³/mol. The van der Waals surface area contributed by atoms with Gasteiger partial charge in [0, 0.05) is 0 Å². The smallest absolute Gasteiger partial charge is 0.225 e. The Balaban J connectivity index is 2.93. The molecule has 0 atom stereocenters. The number of carbonyl (C=O) groups excluding carboxylic acids is 1. The van der Waals surface area contributed by atoms with Crippen LogP contribution in [0.1, 0.15) is 77.6 Å². The van der Waals surface area contributed by atoms with Crippen LogP contribution in [-0.2, 0) is 4.79 Å². The van der Waals surface area contributed by atoms with Crippen LogP contribution in [0.2, 0.25) is 0 Å². The molecule has 0 rings (SSSR count). The zero-order chi connectivity index (χ0) is 11.9. The molecule has 0 heterocycles. The van der Waals surface area contributed by atoms with Gasteiger partial charge in [0.2, 0.25) is 6.29 Å². The van der Waals surface area contributed by atoms with E-state index in [-0.39, 0.29) is 0 Å². The summed E-state index contributed by atoms with van der Waals surface area (Å²) < 4.78 is 0. The van der Waals surface area contributed by atoms with E-state index in [2.05, 4.69) is 6.92 Å². The molecule has 0 N–H and O–H groups in total. The third-order valence-electron chi connectivity index (χ3n) is 2.91. The molecule has 1 heteroatoms. The second kappa shape index (κ2) is 14.4. The summed E-state index contributed by atoms with van der Waals surface area (Å²) in [5.74, 6) is 0. The second-order valence-electron chi connectivity index (χ2n) is 4.49. The molecule has 0 saturated carbocycles. The molecule has 0 aromatic heterocycles. The Kier molecular flexibility index (Phi) is 13.9. The molecule has 0 spiro atoms. The highest BCUT2D eigenvalue weighted by Gasteiger charge is 1.91. The molecule has 0 aliphatic heterocycles. The van der Waals surface area contributed by atoms with E-state index in [0.29, 0.717) is 0 Å². The van der Waals surface area contributed by atoms with E-state index < -0.39 is 0 Å². The minimum absolute atomic E-state index is 1.03. The quantitative estimate of drug-likeness (QED) is 0.337. The van der Waals surface area contributed by atoms with Gasteiger partial charge in [-0.1, -0.05) is 70.8 Å². The molecule has 16 heavy (non-hydrogen) atoms. The Bertz CT molecular complexity index is 161. The van der Waals surface area contributed by atoms with Gasteiger partial charge >= 0.3 is 0 Å². The average Bonchev–Trinajstić information content (AvgIpc) is 2.31. The van der Waals surface area contributed by atoms with Crippen LogP contribution < -0.4 is 0 Å². The van der Waals surface area contributed by atoms with Gasteiger partial charge in [-0.05, 0) is 18.9 Å². The van der Waals surface area contributed by atoms with Gasteiger partial charge in [-0.3, -0.25) is 4.79 Å². The van der Waals surface area contributed by atoms with E-state index in [1.165, 1.54) is 70.3 Å². The fourth-order valence-corrected chi connectivity index (χ4v) is 1.88. The molecule has 1 nitrogen and oxygen atoms in total. The maximum Gasteiger partial charge on any atom is 0.225 e. The van der Waals surface area contributed by atoms with Crippen molar-refractivity contribution < 1.29 is 4.79 Å². The monoisotopic (exact) mass is 223 g/mol. The lowest BCUT2D eigenvalue weighted by molar-refractivity contribution is 0.557. The summed E-state index contributed by atoms with van der Waals surface area (Å²) in [5, 5.41) is 0. The summed E-state index contributed by atoms with van der Waals surface area (Å²) in [5.41, 5.74) is 0. The van der Waals surface area contributed by atoms with Crippen LogP contribution >= 0.6 is 0 Å². The Morgan fingerprint density at radius 1 is 0.812 bits per heavy atom. The first-order valence-electron chi connectivity index (χ1n) is 6.94. The maximum absolute atomic E-state index is 9.88. The highest BCUT2D eigenvalue weighted by molar-refractivity contribution is 5.65. The summed E-state index contributed by atoms with van der Waals surface area (Å²) in [4.78, 5) is 9.88. The summed E-state index contributed by atoms with van der Waals surface area (Å²) in [7, 11) is 0. The van der Waals surface area contributed by atoms with E-state index in [9.17, 15) is 4.79 Å². The number of hydrogen-bond donors (Lipinski definition) is 0. The molecular formula is C15H27O. The standard InChI is InChI=1S/C15H27O/c1-2-3-4-5-6-7-8-9-10-11-12-13-14-15-16/h13-14H,2-12H2,1H3/b14-13+. The van der Waals surface area contributed by atoms with Crippen LogP contribution in [0.15, 0.2) is 12.2 Å². The lowest BCUT2D eigenvalue weighted by atomic mass is 10.1. The molecule has 0 aromatic rings. The first-order chi connectivity index (χ1) is 7.91. The zero-order valence-electron chi connectivity index (χ0n) is 10.8. The van der Waals surface area contributed by atoms with E-state index in [4.69, 9.17) is 0 Å². The lowest BCUT2D eigenvalue weighted by Gasteiger charge is -2.01. The molecule has 0 aromatic carbocycles. The van der Waals surface area contributed by atoms with E-state index >= 15 is 0 Å². The van der Waals surface area contributed by atoms with Crippen molar-refractivity contribution in [1.29, 1.82) is 0 Å². The van der Waals surface area contributed by atoms with Crippen molar-refractivity contribution in [2.45, 2.75) is 77.6 Å². The third-order valence-corrected chi connectivity index (χ3v) is 2.91. The molecule has 0 aliphatic rings. The van der Waals surface area contributed by atoms with Crippen LogP contribution in [0, 0.1) is 0 Å². The molecule has 0 amide bonds. The predicted octanol–water partition coefficient (Wildman–Crippen LogP) is 4.96. The molecule has 93 valence electrons. The first-order valence-corrected chi connectivity index (χ1v) is 6.94. The third kappa shape index (κ3) is 13.4. The molecule has 0 fully saturated rings. The van der Waals surface area contributed by atoms with Crippen molar-refractivity contribution in [2.75, 3.05) is 0 Å². The van der Waals surface area contributed by atoms with Crippen molar-refractivity contribution in [2.24, 2.45) is 0 Å². The average molecular weight is 223 g/mol. The Morgan fingerprint density at radius 2 is 1.31 bits per heavy atom. The van der Waals surface area contributed by atoms with Crippen molar-refractivity contribution in [1.82, 2.24) is 0 Å². The zero-order valence-corrected chi connectivity index (χ0v) is 10.8. The van der Waals surface area contributed by atoms with E-state index in [1.807, 2.05) is 6.08 Å². The number of allylic oxidation sites excluding steroid dienone is 2. The van der Waals surface area contributed by atoms with Gasteiger partial charge in [-0.25, -0.2) is 0 Å². The minimum Gasteiger partial charge on any atom is -0.286 e. The largest absolute Gasteiger partial charge is 0.286 e. The van der Waals surface area contributed by atoms with Gasteiger partial charge < -0.3 is 0 Å². The molecule has 0 saturated heterocycles. The van der Waals surface area contributed by atoms with Crippen LogP contribution in [-0.4, -0.2) is 6.29 Å². The molecule has 0 aliphatic carbocycles. The molecule has 0 bridgehead atoms. The van der Waals surface area contributed by atoms with Gasteiger partial charge in [0.15, 0.2) is 0 Å². The summed E-state index contributed by atoms with van der Waals surface area (Å²) >= 11 is 0. The molecule has 1 radical (unpaired) electrons. The Hall–Kier alpha value is -0.590. The maximum atomic E-state index is 9.88. The van der Waals surface area contributed by atoms with E-state index in [1.54, 1.807) is 6.29 Å². The van der Waals surface area contributed by atoms with Crippen LogP contribution in [0.4, 0.5) is 0 Å². The van der Waals surface area contributed by atoms with Crippen molar-refractivity contribution in [3.8, 4) is 0 Å². The highest BCUT2D eigenvalue weighted by Crippen LogP contribution is 2.11. The van der Waals surface area contributed by atoms with Crippen LogP contribution in [0.3, 0.4) is 0 Å². The Labute approximate surface area is 101 Å². The number of rotatable bonds is 12. The van der Waals surface area contributed by atoms with Crippen LogP contribution in [0.5, 0.6) is 0 Å². The van der Waals surface area contributed by atoms with Crippen molar-refractivity contribution >= 4 is 6.29 Å². The fraction of sp³-hybridized carbons (Fsp3) is 0.800. The van der Waals surface area contributed by atoms with Gasteiger partial charge in [-0.15, -0.1) is 0 Å². The second-order valence-corrected chi connectivity index (χ2v) is 4.49. The fourth-order valence-electron chi connectivity index (χ4n) is 1.88. The van der Waals surface area contributed by atoms with Crippen molar-refractivity contribution in [3.05, 3.63) is 12.2 Å². The number of hydrogen-bond acceptors (Lipinski definition) is 1. The van der Waals surface area contributed by atoms with Gasteiger partial charge in [-0.2, -0.15) is 0 Å². The van der Waals surface area contributed by atoms with E-state index in [0.717, 1.165) is 6.42 Å². The SMILES string of the molecule is CCCCCCCCCCCC/C=C/[C]=O. The normalized spacial score (nSPS) is 11.1. The first kappa shape index (κ1) is 15.4. The minimum atomic E-state index is 1.03. The van der Waals surface area contributed by atoms with Gasteiger partial charge in [0.25, 0.3) is 0 Å². The summed E-state index contributed by atoms with van der Waals surface area (Å²) in [6.07, 6.45) is 19.9. The Morgan fingerprint density at radius 3 is 1.81 bits per heavy atom. The highest BCUT2D eigenvalue weighted by atomic mass is 16.1. The lowest BCUT2D eigenvalue weighted by Crippen LogP contribution is -1.81. The topological polar surface area (TPSA) is 17.1 Å². The summed E-state index contributed by atoms with van der Waals surface area (Å²) in [6.45, 7) is 2.26. The molecule has 0 unspecified atom stereocenters. The van der Waals surface area contributed by atoms with Gasteiger partial charge in [0.1, 0.15) is 0 Å². The van der Waals surface area contributed by atoms with Crippen LogP contribution in [0.25, 0.3) is 0 Å². The van der Waals surface area contributed by atoms with Gasteiger partial charge in [0.05, 0.1) is 0 Å². The van der Waals surface area contributed by atoms with Crippen molar-refractivity contribution in [3.63, 3.8) is 0 Å².